The highest BCUT2D eigenvalue weighted by molar-refractivity contribution is 8.02. The van der Waals surface area contributed by atoms with Crippen LogP contribution in [0.5, 0.6) is 0 Å². The second kappa shape index (κ2) is 7.06. The van der Waals surface area contributed by atoms with Gasteiger partial charge in [-0.1, -0.05) is 30.0 Å². The number of anilines is 1. The second-order valence-electron chi connectivity index (χ2n) is 8.25. The van der Waals surface area contributed by atoms with Crippen LogP contribution in [0.1, 0.15) is 58.8 Å². The van der Waals surface area contributed by atoms with Crippen molar-refractivity contribution in [1.29, 1.82) is 0 Å². The normalized spacial score (nSPS) is 34.1. The van der Waals surface area contributed by atoms with Gasteiger partial charge in [0.05, 0.1) is 5.25 Å². The van der Waals surface area contributed by atoms with Crippen LogP contribution in [0.2, 0.25) is 0 Å². The van der Waals surface area contributed by atoms with Gasteiger partial charge < -0.3 is 10.6 Å². The summed E-state index contributed by atoms with van der Waals surface area (Å²) >= 11 is 3.07. The van der Waals surface area contributed by atoms with Crippen LogP contribution >= 0.6 is 23.1 Å². The summed E-state index contributed by atoms with van der Waals surface area (Å²) in [4.78, 5) is 12.8. The van der Waals surface area contributed by atoms with Gasteiger partial charge in [0.25, 0.3) is 0 Å². The first-order valence-electron chi connectivity index (χ1n) is 9.61. The molecule has 1 heterocycles. The molecule has 0 saturated heterocycles. The van der Waals surface area contributed by atoms with Gasteiger partial charge in [0.1, 0.15) is 0 Å². The van der Waals surface area contributed by atoms with Crippen LogP contribution in [-0.4, -0.2) is 33.4 Å². The molecule has 2 N–H and O–H groups in total. The molecule has 0 radical (unpaired) electrons. The van der Waals surface area contributed by atoms with Crippen molar-refractivity contribution < 1.29 is 4.79 Å². The van der Waals surface area contributed by atoms with Gasteiger partial charge in [0, 0.05) is 12.1 Å². The van der Waals surface area contributed by atoms with E-state index in [0.29, 0.717) is 0 Å². The quantitative estimate of drug-likeness (QED) is 0.702. The molecule has 4 bridgehead atoms. The van der Waals surface area contributed by atoms with Crippen LogP contribution in [0, 0.1) is 17.8 Å². The number of carbonyl (C=O) groups excluding carboxylic acids is 1. The van der Waals surface area contributed by atoms with Crippen molar-refractivity contribution in [3.63, 3.8) is 0 Å². The van der Waals surface area contributed by atoms with Crippen molar-refractivity contribution in [1.82, 2.24) is 15.5 Å². The lowest BCUT2D eigenvalue weighted by molar-refractivity contribution is -0.126. The molecule has 0 unspecified atom stereocenters. The average molecular weight is 381 g/mol. The molecule has 1 aromatic rings. The maximum atomic E-state index is 12.8. The highest BCUT2D eigenvalue weighted by Gasteiger charge is 2.51. The van der Waals surface area contributed by atoms with E-state index in [-0.39, 0.29) is 16.7 Å². The Hall–Kier alpha value is -0.820. The predicted molar refractivity (Wildman–Crippen MR) is 103 cm³/mol. The molecule has 5 rings (SSSR count). The fourth-order valence-electron chi connectivity index (χ4n) is 5.39. The van der Waals surface area contributed by atoms with Crippen molar-refractivity contribution in [2.24, 2.45) is 17.8 Å². The van der Waals surface area contributed by atoms with E-state index in [1.807, 2.05) is 6.92 Å². The van der Waals surface area contributed by atoms with Gasteiger partial charge in [-0.2, -0.15) is 0 Å². The third kappa shape index (κ3) is 3.82. The molecule has 25 heavy (non-hydrogen) atoms. The molecule has 1 amide bonds. The molecule has 7 heteroatoms. The maximum absolute atomic E-state index is 12.8. The topological polar surface area (TPSA) is 66.9 Å². The van der Waals surface area contributed by atoms with Crippen LogP contribution < -0.4 is 10.6 Å². The Morgan fingerprint density at radius 1 is 1.24 bits per heavy atom. The fourth-order valence-corrected chi connectivity index (χ4v) is 7.31. The number of carbonyl (C=O) groups is 1. The first-order valence-corrected chi connectivity index (χ1v) is 11.3. The molecule has 4 aliphatic rings. The minimum atomic E-state index is -0.125. The van der Waals surface area contributed by atoms with Crippen molar-refractivity contribution in [3.8, 4) is 0 Å². The van der Waals surface area contributed by atoms with Crippen LogP contribution in [0.4, 0.5) is 5.13 Å². The van der Waals surface area contributed by atoms with E-state index in [1.165, 1.54) is 61.6 Å². The van der Waals surface area contributed by atoms with E-state index in [9.17, 15) is 4.79 Å². The van der Waals surface area contributed by atoms with Crippen LogP contribution in [0.3, 0.4) is 0 Å². The number of hydrogen-bond donors (Lipinski definition) is 2. The minimum absolute atomic E-state index is 0.0929. The Labute approximate surface area is 158 Å². The number of aromatic nitrogens is 2. The summed E-state index contributed by atoms with van der Waals surface area (Å²) in [7, 11) is 0. The molecule has 4 aliphatic carbocycles. The van der Waals surface area contributed by atoms with Gasteiger partial charge in [0.15, 0.2) is 4.34 Å². The summed E-state index contributed by atoms with van der Waals surface area (Å²) < 4.78 is 0.867. The zero-order chi connectivity index (χ0) is 17.4. The fraction of sp³-hybridized carbons (Fsp3) is 0.833. The van der Waals surface area contributed by atoms with Gasteiger partial charge in [-0.05, 0) is 69.6 Å². The van der Waals surface area contributed by atoms with Crippen LogP contribution in [0.15, 0.2) is 4.34 Å². The first kappa shape index (κ1) is 17.6. The molecule has 4 saturated carbocycles. The van der Waals surface area contributed by atoms with E-state index < -0.39 is 0 Å². The third-order valence-electron chi connectivity index (χ3n) is 6.01. The SMILES string of the molecule is CCCNc1nnc(S[C@@H](C)C(=O)NC23CC4CC(CC(C4)C2)C3)s1. The molecule has 0 aromatic carbocycles. The molecular weight excluding hydrogens is 352 g/mol. The third-order valence-corrected chi connectivity index (χ3v) is 8.07. The summed E-state index contributed by atoms with van der Waals surface area (Å²) in [5.41, 5.74) is 0.0929. The molecule has 0 aliphatic heterocycles. The highest BCUT2D eigenvalue weighted by atomic mass is 32.2. The zero-order valence-corrected chi connectivity index (χ0v) is 16.7. The van der Waals surface area contributed by atoms with Crippen molar-refractivity contribution in [3.05, 3.63) is 0 Å². The smallest absolute Gasteiger partial charge is 0.233 e. The molecule has 4 fully saturated rings. The summed E-state index contributed by atoms with van der Waals surface area (Å²) in [6.45, 7) is 5.02. The summed E-state index contributed by atoms with van der Waals surface area (Å²) in [6.07, 6.45) is 8.86. The molecule has 1 aromatic heterocycles. The van der Waals surface area contributed by atoms with Crippen LogP contribution in [-0.2, 0) is 4.79 Å². The van der Waals surface area contributed by atoms with E-state index >= 15 is 0 Å². The Morgan fingerprint density at radius 3 is 2.48 bits per heavy atom. The lowest BCUT2D eigenvalue weighted by atomic mass is 9.53. The number of nitrogens with zero attached hydrogens (tertiary/aromatic N) is 2. The number of hydrogen-bond acceptors (Lipinski definition) is 6. The Bertz CT molecular complexity index is 597. The summed E-state index contributed by atoms with van der Waals surface area (Å²) in [5, 5.41) is 15.8. The van der Waals surface area contributed by atoms with Gasteiger partial charge in [0.2, 0.25) is 11.0 Å². The van der Waals surface area contributed by atoms with Crippen molar-refractivity contribution >= 4 is 34.1 Å². The molecule has 5 nitrogen and oxygen atoms in total. The standard InChI is InChI=1S/C18H28N4OS2/c1-3-4-19-16-21-22-17(25-16)24-11(2)15(23)20-18-8-12-5-13(9-18)7-14(6-12)10-18/h11-14H,3-10H2,1-2H3,(H,19,21)(H,20,23)/t11-,12?,13?,14?,18?/m0/s1. The summed E-state index contributed by atoms with van der Waals surface area (Å²) in [6, 6.07) is 0. The molecule has 1 atom stereocenters. The van der Waals surface area contributed by atoms with Gasteiger partial charge in [-0.15, -0.1) is 10.2 Å². The van der Waals surface area contributed by atoms with Crippen molar-refractivity contribution in [2.75, 3.05) is 11.9 Å². The molecular formula is C18H28N4OS2. The Kier molecular flexibility index (Phi) is 4.97. The number of rotatable bonds is 7. The van der Waals surface area contributed by atoms with E-state index in [4.69, 9.17) is 0 Å². The van der Waals surface area contributed by atoms with E-state index in [0.717, 1.165) is 40.2 Å². The van der Waals surface area contributed by atoms with Gasteiger partial charge in [-0.25, -0.2) is 0 Å². The first-order chi connectivity index (χ1) is 12.0. The molecule has 138 valence electrons. The lowest BCUT2D eigenvalue weighted by Gasteiger charge is -2.57. The second-order valence-corrected chi connectivity index (χ2v) is 10.8. The predicted octanol–water partition coefficient (Wildman–Crippen LogP) is 3.93. The average Bonchev–Trinajstić information content (AvgIpc) is 2.98. The number of amides is 1. The summed E-state index contributed by atoms with van der Waals surface area (Å²) in [5.74, 6) is 2.73. The number of nitrogens with one attached hydrogen (secondary N) is 2. The monoisotopic (exact) mass is 380 g/mol. The Morgan fingerprint density at radius 2 is 1.88 bits per heavy atom. The zero-order valence-electron chi connectivity index (χ0n) is 15.1. The Balaban J connectivity index is 1.34. The maximum Gasteiger partial charge on any atom is 0.233 e. The highest BCUT2D eigenvalue weighted by Crippen LogP contribution is 2.55. The van der Waals surface area contributed by atoms with E-state index in [1.54, 1.807) is 0 Å². The van der Waals surface area contributed by atoms with Crippen LogP contribution in [0.25, 0.3) is 0 Å². The minimum Gasteiger partial charge on any atom is -0.360 e. The largest absolute Gasteiger partial charge is 0.360 e. The van der Waals surface area contributed by atoms with Gasteiger partial charge >= 0.3 is 0 Å². The molecule has 0 spiro atoms. The number of thioether (sulfide) groups is 1. The lowest BCUT2D eigenvalue weighted by Crippen LogP contribution is -2.60. The van der Waals surface area contributed by atoms with Crippen molar-refractivity contribution in [2.45, 2.75) is 73.9 Å². The van der Waals surface area contributed by atoms with E-state index in [2.05, 4.69) is 27.8 Å². The van der Waals surface area contributed by atoms with Gasteiger partial charge in [-0.3, -0.25) is 4.79 Å².